The summed E-state index contributed by atoms with van der Waals surface area (Å²) in [6.45, 7) is 7.93. The van der Waals surface area contributed by atoms with Crippen molar-refractivity contribution in [1.29, 1.82) is 0 Å². The Morgan fingerprint density at radius 2 is 2.15 bits per heavy atom. The summed E-state index contributed by atoms with van der Waals surface area (Å²) in [5, 5.41) is 0.748. The zero-order valence-corrected chi connectivity index (χ0v) is 15.0. The van der Waals surface area contributed by atoms with Crippen LogP contribution in [-0.4, -0.2) is 28.2 Å². The minimum Gasteiger partial charge on any atom is -0.369 e. The number of amides is 2. The Hall–Kier alpha value is -2.89. The molecule has 0 saturated heterocycles. The second-order valence-electron chi connectivity index (χ2n) is 6.65. The fraction of sp³-hybridized carbons (Fsp3) is 0.300. The number of aromatic amines is 1. The summed E-state index contributed by atoms with van der Waals surface area (Å²) < 4.78 is 15.1. The van der Waals surface area contributed by atoms with E-state index in [1.54, 1.807) is 11.1 Å². The number of hydrogen-bond acceptors (Lipinski definition) is 2. The second-order valence-corrected chi connectivity index (χ2v) is 6.65. The van der Waals surface area contributed by atoms with Crippen LogP contribution in [-0.2, 0) is 16.0 Å². The lowest BCUT2D eigenvalue weighted by molar-refractivity contribution is -0.123. The van der Waals surface area contributed by atoms with Crippen LogP contribution in [0.15, 0.2) is 24.9 Å². The summed E-state index contributed by atoms with van der Waals surface area (Å²) in [4.78, 5) is 28.1. The number of hydrogen-bond donors (Lipinski definition) is 2. The van der Waals surface area contributed by atoms with Gasteiger partial charge in [-0.25, -0.2) is 4.39 Å². The van der Waals surface area contributed by atoms with Crippen molar-refractivity contribution < 1.29 is 14.0 Å². The third-order valence-electron chi connectivity index (χ3n) is 4.91. The van der Waals surface area contributed by atoms with Gasteiger partial charge in [0, 0.05) is 29.4 Å². The molecule has 2 amide bonds. The number of nitrogens with two attached hydrogens (primary N) is 1. The fourth-order valence-corrected chi connectivity index (χ4v) is 3.57. The third-order valence-corrected chi connectivity index (χ3v) is 4.91. The van der Waals surface area contributed by atoms with Gasteiger partial charge < -0.3 is 15.6 Å². The van der Waals surface area contributed by atoms with Crippen molar-refractivity contribution >= 4 is 28.3 Å². The highest BCUT2D eigenvalue weighted by Gasteiger charge is 2.23. The SMILES string of the molecule is C=CC(=O)N1C=C(c2c(F)cc(CC(N)=O)c3[nH]c(C)c(C)c23)CCC1. The summed E-state index contributed by atoms with van der Waals surface area (Å²) >= 11 is 0. The normalized spacial score (nSPS) is 14.4. The Balaban J connectivity index is 2.25. The van der Waals surface area contributed by atoms with Crippen LogP contribution in [0.5, 0.6) is 0 Å². The molecule has 0 spiro atoms. The van der Waals surface area contributed by atoms with Gasteiger partial charge in [-0.15, -0.1) is 0 Å². The summed E-state index contributed by atoms with van der Waals surface area (Å²) in [6.07, 6.45) is 4.35. The lowest BCUT2D eigenvalue weighted by atomic mass is 9.91. The molecule has 136 valence electrons. The number of carbonyl (C=O) groups excluding carboxylic acids is 2. The van der Waals surface area contributed by atoms with Crippen LogP contribution in [0.1, 0.15) is 35.2 Å². The molecule has 0 aliphatic carbocycles. The average molecular weight is 355 g/mol. The van der Waals surface area contributed by atoms with E-state index >= 15 is 4.39 Å². The van der Waals surface area contributed by atoms with Crippen molar-refractivity contribution in [3.05, 3.63) is 53.1 Å². The molecule has 0 radical (unpaired) electrons. The van der Waals surface area contributed by atoms with Crippen LogP contribution in [0.4, 0.5) is 4.39 Å². The number of primary amides is 1. The minimum absolute atomic E-state index is 0.0345. The van der Waals surface area contributed by atoms with E-state index in [9.17, 15) is 9.59 Å². The van der Waals surface area contributed by atoms with E-state index in [1.165, 1.54) is 12.1 Å². The van der Waals surface area contributed by atoms with Gasteiger partial charge in [-0.1, -0.05) is 6.58 Å². The molecule has 26 heavy (non-hydrogen) atoms. The summed E-state index contributed by atoms with van der Waals surface area (Å²) in [5.74, 6) is -1.12. The molecular weight excluding hydrogens is 333 g/mol. The fourth-order valence-electron chi connectivity index (χ4n) is 3.57. The average Bonchev–Trinajstić information content (AvgIpc) is 2.90. The molecule has 0 bridgehead atoms. The third kappa shape index (κ3) is 3.03. The first kappa shape index (κ1) is 17.9. The van der Waals surface area contributed by atoms with Crippen molar-refractivity contribution in [3.8, 4) is 0 Å². The Bertz CT molecular complexity index is 956. The number of benzene rings is 1. The molecule has 2 aromatic rings. The van der Waals surface area contributed by atoms with Crippen LogP contribution in [0, 0.1) is 19.7 Å². The molecule has 3 N–H and O–H groups in total. The smallest absolute Gasteiger partial charge is 0.249 e. The number of aromatic nitrogens is 1. The maximum Gasteiger partial charge on any atom is 0.249 e. The number of H-pyrrole nitrogens is 1. The van der Waals surface area contributed by atoms with Gasteiger partial charge in [-0.05, 0) is 55.5 Å². The zero-order valence-electron chi connectivity index (χ0n) is 15.0. The van der Waals surface area contributed by atoms with E-state index in [2.05, 4.69) is 11.6 Å². The first-order valence-corrected chi connectivity index (χ1v) is 8.56. The highest BCUT2D eigenvalue weighted by Crippen LogP contribution is 2.37. The van der Waals surface area contributed by atoms with Crippen LogP contribution >= 0.6 is 0 Å². The van der Waals surface area contributed by atoms with E-state index in [1.807, 2.05) is 13.8 Å². The largest absolute Gasteiger partial charge is 0.369 e. The van der Waals surface area contributed by atoms with Crippen molar-refractivity contribution in [1.82, 2.24) is 9.88 Å². The van der Waals surface area contributed by atoms with Crippen LogP contribution in [0.3, 0.4) is 0 Å². The van der Waals surface area contributed by atoms with Gasteiger partial charge in [-0.3, -0.25) is 9.59 Å². The quantitative estimate of drug-likeness (QED) is 0.827. The van der Waals surface area contributed by atoms with Crippen LogP contribution in [0.2, 0.25) is 0 Å². The van der Waals surface area contributed by atoms with Crippen molar-refractivity contribution in [2.45, 2.75) is 33.1 Å². The van der Waals surface area contributed by atoms with Gasteiger partial charge in [0.25, 0.3) is 0 Å². The zero-order chi connectivity index (χ0) is 19.0. The summed E-state index contributed by atoms with van der Waals surface area (Å²) in [5.41, 5.74) is 9.67. The van der Waals surface area contributed by atoms with Crippen molar-refractivity contribution in [2.75, 3.05) is 6.54 Å². The molecule has 2 heterocycles. The number of nitrogens with one attached hydrogen (secondary N) is 1. The van der Waals surface area contributed by atoms with Gasteiger partial charge in [0.15, 0.2) is 0 Å². The number of fused-ring (bicyclic) bond motifs is 1. The molecular formula is C20H22FN3O2. The van der Waals surface area contributed by atoms with E-state index < -0.39 is 11.7 Å². The van der Waals surface area contributed by atoms with Gasteiger partial charge in [-0.2, -0.15) is 0 Å². The lowest BCUT2D eigenvalue weighted by Crippen LogP contribution is -2.28. The topological polar surface area (TPSA) is 79.2 Å². The highest BCUT2D eigenvalue weighted by molar-refractivity contribution is 5.99. The number of carbonyl (C=O) groups is 2. The number of halogens is 1. The first-order chi connectivity index (χ1) is 12.3. The second kappa shape index (κ2) is 6.78. The predicted octanol–water partition coefficient (Wildman–Crippen LogP) is 3.10. The van der Waals surface area contributed by atoms with Gasteiger partial charge in [0.05, 0.1) is 11.9 Å². The van der Waals surface area contributed by atoms with E-state index in [0.29, 0.717) is 24.1 Å². The number of allylic oxidation sites excluding steroid dienone is 1. The molecule has 6 heteroatoms. The maximum absolute atomic E-state index is 15.1. The summed E-state index contributed by atoms with van der Waals surface area (Å²) in [7, 11) is 0. The first-order valence-electron chi connectivity index (χ1n) is 8.56. The minimum atomic E-state index is -0.511. The van der Waals surface area contributed by atoms with Crippen molar-refractivity contribution in [3.63, 3.8) is 0 Å². The lowest BCUT2D eigenvalue weighted by Gasteiger charge is -2.25. The molecule has 1 aromatic heterocycles. The molecule has 1 aliphatic rings. The Morgan fingerprint density at radius 1 is 1.42 bits per heavy atom. The number of nitrogens with zero attached hydrogens (tertiary/aromatic N) is 1. The predicted molar refractivity (Wildman–Crippen MR) is 99.8 cm³/mol. The molecule has 0 unspecified atom stereocenters. The monoisotopic (exact) mass is 355 g/mol. The molecule has 3 rings (SSSR count). The standard InChI is InChI=1S/C20H22FN3O2/c1-4-17(26)24-7-5-6-13(10-24)19-15(21)8-14(9-16(22)25)20-18(19)11(2)12(3)23-20/h4,8,10,23H,1,5-7,9H2,2-3H3,(H2,22,25). The van der Waals surface area contributed by atoms with Crippen LogP contribution < -0.4 is 5.73 Å². The highest BCUT2D eigenvalue weighted by atomic mass is 19.1. The Kier molecular flexibility index (Phi) is 4.68. The van der Waals surface area contributed by atoms with Crippen LogP contribution in [0.25, 0.3) is 16.5 Å². The van der Waals surface area contributed by atoms with Gasteiger partial charge in [0.1, 0.15) is 5.82 Å². The number of aryl methyl sites for hydroxylation is 2. The molecule has 0 fully saturated rings. The van der Waals surface area contributed by atoms with Gasteiger partial charge >= 0.3 is 0 Å². The molecule has 0 saturated carbocycles. The van der Waals surface area contributed by atoms with Crippen molar-refractivity contribution in [2.24, 2.45) is 5.73 Å². The molecule has 5 nitrogen and oxygen atoms in total. The Morgan fingerprint density at radius 3 is 2.81 bits per heavy atom. The Labute approximate surface area is 151 Å². The summed E-state index contributed by atoms with van der Waals surface area (Å²) in [6, 6.07) is 1.37. The molecule has 1 aromatic carbocycles. The molecule has 1 aliphatic heterocycles. The molecule has 0 atom stereocenters. The van der Waals surface area contributed by atoms with Gasteiger partial charge in [0.2, 0.25) is 11.8 Å². The maximum atomic E-state index is 15.1. The van der Waals surface area contributed by atoms with E-state index in [4.69, 9.17) is 5.73 Å². The van der Waals surface area contributed by atoms with E-state index in [-0.39, 0.29) is 12.3 Å². The van der Waals surface area contributed by atoms with E-state index in [0.717, 1.165) is 34.2 Å². The number of rotatable bonds is 4.